The molecule has 1 unspecified atom stereocenters. The summed E-state index contributed by atoms with van der Waals surface area (Å²) in [4.78, 5) is 10.8. The zero-order valence-corrected chi connectivity index (χ0v) is 13.1. The molecule has 100 valence electrons. The highest BCUT2D eigenvalue weighted by atomic mass is 79.9. The zero-order chi connectivity index (χ0) is 14.0. The minimum atomic E-state index is -0.887. The Labute approximate surface area is 126 Å². The van der Waals surface area contributed by atoms with Gasteiger partial charge in [0, 0.05) is 14.5 Å². The monoisotopic (exact) mass is 388 g/mol. The van der Waals surface area contributed by atoms with E-state index in [1.807, 2.05) is 18.2 Å². The number of hydrogen-bond acceptors (Lipinski definition) is 4. The average molecular weight is 390 g/mol. The molecule has 0 amide bonds. The van der Waals surface area contributed by atoms with E-state index in [9.17, 15) is 4.79 Å². The number of carbonyl (C=O) groups is 1. The summed E-state index contributed by atoms with van der Waals surface area (Å²) in [5, 5.41) is 20.3. The SMILES string of the molecule is CC(CC(=O)O)n1nnnc1-c1cc(Br)ccc1Br. The van der Waals surface area contributed by atoms with Crippen molar-refractivity contribution in [2.75, 3.05) is 0 Å². The van der Waals surface area contributed by atoms with Crippen molar-refractivity contribution in [3.63, 3.8) is 0 Å². The molecule has 19 heavy (non-hydrogen) atoms. The van der Waals surface area contributed by atoms with E-state index in [0.717, 1.165) is 14.5 Å². The lowest BCUT2D eigenvalue weighted by atomic mass is 10.2. The molecule has 0 radical (unpaired) electrons. The molecule has 1 aromatic carbocycles. The molecule has 0 saturated heterocycles. The fraction of sp³-hybridized carbons (Fsp3) is 0.273. The van der Waals surface area contributed by atoms with Crippen LogP contribution < -0.4 is 0 Å². The number of halogens is 2. The van der Waals surface area contributed by atoms with Gasteiger partial charge in [-0.25, -0.2) is 4.68 Å². The first-order valence-corrected chi connectivity index (χ1v) is 7.02. The minimum Gasteiger partial charge on any atom is -0.481 e. The Bertz CT molecular complexity index is 614. The molecule has 1 atom stereocenters. The number of rotatable bonds is 4. The summed E-state index contributed by atoms with van der Waals surface area (Å²) in [6, 6.07) is 5.32. The Kier molecular flexibility index (Phi) is 4.31. The van der Waals surface area contributed by atoms with Gasteiger partial charge in [0.2, 0.25) is 0 Å². The number of aromatic nitrogens is 4. The van der Waals surface area contributed by atoms with Crippen LogP contribution in [-0.2, 0) is 4.79 Å². The zero-order valence-electron chi connectivity index (χ0n) is 9.92. The maximum absolute atomic E-state index is 10.8. The second-order valence-electron chi connectivity index (χ2n) is 4.02. The van der Waals surface area contributed by atoms with Gasteiger partial charge in [-0.3, -0.25) is 4.79 Å². The summed E-state index contributed by atoms with van der Waals surface area (Å²) in [5.41, 5.74) is 0.802. The Hall–Kier alpha value is -1.28. The van der Waals surface area contributed by atoms with Crippen LogP contribution in [0, 0.1) is 0 Å². The number of hydrogen-bond donors (Lipinski definition) is 1. The van der Waals surface area contributed by atoms with Crippen LogP contribution in [0.25, 0.3) is 11.4 Å². The van der Waals surface area contributed by atoms with Gasteiger partial charge in [-0.1, -0.05) is 31.9 Å². The topological polar surface area (TPSA) is 80.9 Å². The Morgan fingerprint density at radius 3 is 2.89 bits per heavy atom. The smallest absolute Gasteiger partial charge is 0.305 e. The highest BCUT2D eigenvalue weighted by Gasteiger charge is 2.18. The lowest BCUT2D eigenvalue weighted by Gasteiger charge is -2.12. The average Bonchev–Trinajstić information content (AvgIpc) is 2.80. The van der Waals surface area contributed by atoms with Crippen LogP contribution in [0.2, 0.25) is 0 Å². The number of carboxylic acid groups (broad SMARTS) is 1. The Balaban J connectivity index is 2.44. The number of nitrogens with zero attached hydrogens (tertiary/aromatic N) is 4. The number of aliphatic carboxylic acids is 1. The molecule has 2 aromatic rings. The van der Waals surface area contributed by atoms with Gasteiger partial charge in [0.05, 0.1) is 12.5 Å². The number of carboxylic acids is 1. The van der Waals surface area contributed by atoms with Crippen LogP contribution in [-0.4, -0.2) is 31.3 Å². The van der Waals surface area contributed by atoms with Gasteiger partial charge in [-0.15, -0.1) is 5.10 Å². The van der Waals surface area contributed by atoms with Crippen molar-refractivity contribution in [2.45, 2.75) is 19.4 Å². The highest BCUT2D eigenvalue weighted by molar-refractivity contribution is 9.11. The molecular formula is C11H10Br2N4O2. The molecule has 0 aliphatic rings. The second kappa shape index (κ2) is 5.79. The summed E-state index contributed by atoms with van der Waals surface area (Å²) >= 11 is 6.83. The van der Waals surface area contributed by atoms with Gasteiger partial charge < -0.3 is 5.11 Å². The third kappa shape index (κ3) is 3.19. The van der Waals surface area contributed by atoms with Gasteiger partial charge in [-0.05, 0) is 35.5 Å². The maximum atomic E-state index is 10.8. The first-order valence-electron chi connectivity index (χ1n) is 5.44. The highest BCUT2D eigenvalue weighted by Crippen LogP contribution is 2.30. The normalized spacial score (nSPS) is 12.4. The molecule has 0 aliphatic heterocycles. The standard InChI is InChI=1S/C11H10Br2N4O2/c1-6(4-10(18)19)17-11(14-15-16-17)8-5-7(12)2-3-9(8)13/h2-3,5-6H,4H2,1H3,(H,18,19). The lowest BCUT2D eigenvalue weighted by molar-refractivity contribution is -0.137. The molecule has 8 heteroatoms. The van der Waals surface area contributed by atoms with E-state index in [1.54, 1.807) is 6.92 Å². The predicted octanol–water partition coefficient (Wildman–Crippen LogP) is 2.90. The quantitative estimate of drug-likeness (QED) is 0.869. The Morgan fingerprint density at radius 2 is 2.21 bits per heavy atom. The van der Waals surface area contributed by atoms with Crippen molar-refractivity contribution in [1.82, 2.24) is 20.2 Å². The van der Waals surface area contributed by atoms with Crippen LogP contribution in [0.4, 0.5) is 0 Å². The molecule has 0 saturated carbocycles. The molecular weight excluding hydrogens is 380 g/mol. The van der Waals surface area contributed by atoms with E-state index in [4.69, 9.17) is 5.11 Å². The molecule has 1 aromatic heterocycles. The van der Waals surface area contributed by atoms with Gasteiger partial charge in [0.15, 0.2) is 5.82 Å². The van der Waals surface area contributed by atoms with E-state index in [1.165, 1.54) is 4.68 Å². The third-order valence-corrected chi connectivity index (χ3v) is 3.73. The van der Waals surface area contributed by atoms with Crippen molar-refractivity contribution in [2.24, 2.45) is 0 Å². The van der Waals surface area contributed by atoms with E-state index < -0.39 is 5.97 Å². The molecule has 0 fully saturated rings. The second-order valence-corrected chi connectivity index (χ2v) is 5.79. The molecule has 6 nitrogen and oxygen atoms in total. The first-order chi connectivity index (χ1) is 8.99. The molecule has 1 N–H and O–H groups in total. The summed E-state index contributed by atoms with van der Waals surface area (Å²) in [7, 11) is 0. The summed E-state index contributed by atoms with van der Waals surface area (Å²) in [5.74, 6) is -0.357. The third-order valence-electron chi connectivity index (χ3n) is 2.55. The molecule has 0 aliphatic carbocycles. The summed E-state index contributed by atoms with van der Waals surface area (Å²) in [6.45, 7) is 1.76. The van der Waals surface area contributed by atoms with Crippen LogP contribution in [0.3, 0.4) is 0 Å². The number of benzene rings is 1. The van der Waals surface area contributed by atoms with Crippen LogP contribution >= 0.6 is 31.9 Å². The molecule has 0 bridgehead atoms. The van der Waals surface area contributed by atoms with Crippen molar-refractivity contribution in [3.8, 4) is 11.4 Å². The summed E-state index contributed by atoms with van der Waals surface area (Å²) < 4.78 is 3.25. The van der Waals surface area contributed by atoms with Crippen molar-refractivity contribution < 1.29 is 9.90 Å². The molecule has 2 rings (SSSR count). The van der Waals surface area contributed by atoms with Crippen LogP contribution in [0.5, 0.6) is 0 Å². The lowest BCUT2D eigenvalue weighted by Crippen LogP contribution is -2.13. The first kappa shape index (κ1) is 14.1. The van der Waals surface area contributed by atoms with E-state index >= 15 is 0 Å². The van der Waals surface area contributed by atoms with Crippen molar-refractivity contribution in [3.05, 3.63) is 27.1 Å². The van der Waals surface area contributed by atoms with Crippen molar-refractivity contribution >= 4 is 37.8 Å². The fourth-order valence-electron chi connectivity index (χ4n) is 1.68. The van der Waals surface area contributed by atoms with Crippen molar-refractivity contribution in [1.29, 1.82) is 0 Å². The maximum Gasteiger partial charge on any atom is 0.305 e. The minimum absolute atomic E-state index is 0.0380. The largest absolute Gasteiger partial charge is 0.481 e. The fourth-order valence-corrected chi connectivity index (χ4v) is 2.46. The van der Waals surface area contributed by atoms with Gasteiger partial charge in [-0.2, -0.15) is 0 Å². The van der Waals surface area contributed by atoms with Crippen LogP contribution in [0.15, 0.2) is 27.1 Å². The van der Waals surface area contributed by atoms with Gasteiger partial charge in [0.1, 0.15) is 0 Å². The molecule has 1 heterocycles. The van der Waals surface area contributed by atoms with Crippen LogP contribution in [0.1, 0.15) is 19.4 Å². The van der Waals surface area contributed by atoms with E-state index in [0.29, 0.717) is 5.82 Å². The summed E-state index contributed by atoms with van der Waals surface area (Å²) in [6.07, 6.45) is -0.0380. The van der Waals surface area contributed by atoms with Gasteiger partial charge >= 0.3 is 5.97 Å². The molecule has 0 spiro atoms. The van der Waals surface area contributed by atoms with Gasteiger partial charge in [0.25, 0.3) is 0 Å². The predicted molar refractivity (Wildman–Crippen MR) is 75.6 cm³/mol. The van der Waals surface area contributed by atoms with E-state index in [2.05, 4.69) is 47.4 Å². The van der Waals surface area contributed by atoms with E-state index in [-0.39, 0.29) is 12.5 Å². The number of tetrazole rings is 1. The Morgan fingerprint density at radius 1 is 1.47 bits per heavy atom.